The number of hydrogen-bond donors (Lipinski definition) is 2. The fraction of sp³-hybridized carbons (Fsp3) is 0.286. The molecule has 3 aromatic rings. The van der Waals surface area contributed by atoms with Crippen LogP contribution >= 0.6 is 23.2 Å². The quantitative estimate of drug-likeness (QED) is 0.538. The number of rotatable bonds is 7. The predicted molar refractivity (Wildman–Crippen MR) is 123 cm³/mol. The second kappa shape index (κ2) is 9.23. The van der Waals surface area contributed by atoms with Gasteiger partial charge in [0.25, 0.3) is 11.9 Å². The number of fused-ring (bicyclic) bond motifs is 1. The van der Waals surface area contributed by atoms with E-state index in [9.17, 15) is 14.7 Å². The van der Waals surface area contributed by atoms with E-state index >= 15 is 0 Å². The number of halogens is 2. The number of nitrogens with zero attached hydrogens (tertiary/aromatic N) is 4. The summed E-state index contributed by atoms with van der Waals surface area (Å²) in [7, 11) is 1.57. The lowest BCUT2D eigenvalue weighted by molar-refractivity contribution is 0.227. The number of hydrogen-bond acceptors (Lipinski definition) is 7. The molecule has 1 aromatic carbocycles. The smallest absolute Gasteiger partial charge is 0.332 e. The molecule has 3 heterocycles. The molecule has 168 valence electrons. The topological polar surface area (TPSA) is 102 Å². The Morgan fingerprint density at radius 3 is 2.69 bits per heavy atom. The van der Waals surface area contributed by atoms with Gasteiger partial charge in [-0.25, -0.2) is 4.79 Å². The number of benzene rings is 1. The van der Waals surface area contributed by atoms with Crippen molar-refractivity contribution in [2.24, 2.45) is 7.05 Å². The van der Waals surface area contributed by atoms with Crippen LogP contribution in [0.4, 0.5) is 11.5 Å². The number of aliphatic hydroxyl groups excluding tert-OH is 1. The van der Waals surface area contributed by atoms with Crippen molar-refractivity contribution in [3.63, 3.8) is 0 Å². The molecule has 4 rings (SSSR count). The van der Waals surface area contributed by atoms with Crippen molar-refractivity contribution in [3.8, 4) is 5.75 Å². The van der Waals surface area contributed by atoms with Gasteiger partial charge in [-0.3, -0.25) is 18.9 Å². The van der Waals surface area contributed by atoms with E-state index in [2.05, 4.69) is 10.3 Å². The van der Waals surface area contributed by atoms with Crippen LogP contribution in [0.1, 0.15) is 12.1 Å². The van der Waals surface area contributed by atoms with Crippen molar-refractivity contribution in [1.82, 2.24) is 14.1 Å². The number of pyridine rings is 1. The highest BCUT2D eigenvalue weighted by molar-refractivity contribution is 6.30. The van der Waals surface area contributed by atoms with Gasteiger partial charge in [0.1, 0.15) is 17.3 Å². The molecule has 11 heteroatoms. The molecule has 32 heavy (non-hydrogen) atoms. The number of anilines is 2. The maximum atomic E-state index is 13.3. The first-order valence-electron chi connectivity index (χ1n) is 9.89. The second-order valence-corrected chi connectivity index (χ2v) is 8.11. The summed E-state index contributed by atoms with van der Waals surface area (Å²) >= 11 is 12.0. The molecule has 0 fully saturated rings. The maximum Gasteiger partial charge on any atom is 0.332 e. The summed E-state index contributed by atoms with van der Waals surface area (Å²) in [5.41, 5.74) is -0.0365. The van der Waals surface area contributed by atoms with E-state index in [1.165, 1.54) is 10.8 Å². The third-order valence-corrected chi connectivity index (χ3v) is 5.52. The lowest BCUT2D eigenvalue weighted by atomic mass is 10.3. The van der Waals surface area contributed by atoms with Crippen LogP contribution in [0.5, 0.6) is 5.75 Å². The van der Waals surface area contributed by atoms with Gasteiger partial charge in [0.2, 0.25) is 0 Å². The summed E-state index contributed by atoms with van der Waals surface area (Å²) in [4.78, 5) is 32.1. The van der Waals surface area contributed by atoms with Gasteiger partial charge in [-0.15, -0.1) is 0 Å². The first-order chi connectivity index (χ1) is 15.4. The normalized spacial score (nSPS) is 14.9. The van der Waals surface area contributed by atoms with Gasteiger partial charge >= 0.3 is 5.69 Å². The monoisotopic (exact) mass is 477 g/mol. The average molecular weight is 478 g/mol. The van der Waals surface area contributed by atoms with Gasteiger partial charge in [-0.1, -0.05) is 29.3 Å². The van der Waals surface area contributed by atoms with Crippen LogP contribution in [-0.2, 0) is 20.1 Å². The molecule has 0 aliphatic carbocycles. The fourth-order valence-corrected chi connectivity index (χ4v) is 3.80. The van der Waals surface area contributed by atoms with Gasteiger partial charge in [0, 0.05) is 31.4 Å². The van der Waals surface area contributed by atoms with Crippen molar-refractivity contribution >= 4 is 34.7 Å². The highest BCUT2D eigenvalue weighted by Gasteiger charge is 2.36. The van der Waals surface area contributed by atoms with Crippen molar-refractivity contribution < 1.29 is 9.84 Å². The van der Waals surface area contributed by atoms with E-state index in [-0.39, 0.29) is 31.8 Å². The molecule has 0 bridgehead atoms. The zero-order valence-corrected chi connectivity index (χ0v) is 18.7. The van der Waals surface area contributed by atoms with Crippen molar-refractivity contribution in [2.45, 2.75) is 25.9 Å². The molecule has 0 amide bonds. The van der Waals surface area contributed by atoms with Crippen molar-refractivity contribution in [1.29, 1.82) is 0 Å². The Hall–Kier alpha value is -3.01. The molecule has 2 N–H and O–H groups in total. The Morgan fingerprint density at radius 2 is 2.00 bits per heavy atom. The zero-order chi connectivity index (χ0) is 22.8. The lowest BCUT2D eigenvalue weighted by Gasteiger charge is -2.26. The summed E-state index contributed by atoms with van der Waals surface area (Å²) in [6.07, 6.45) is 1.00. The van der Waals surface area contributed by atoms with E-state index in [0.29, 0.717) is 27.3 Å². The molecule has 1 aliphatic heterocycles. The number of aliphatic hydroxyl groups is 1. The Kier molecular flexibility index (Phi) is 6.40. The summed E-state index contributed by atoms with van der Waals surface area (Å²) in [5, 5.41) is 13.3. The van der Waals surface area contributed by atoms with Crippen LogP contribution in [0.2, 0.25) is 10.0 Å². The minimum Gasteiger partial charge on any atom is -0.452 e. The van der Waals surface area contributed by atoms with Gasteiger partial charge in [-0.05, 0) is 36.8 Å². The molecular weight excluding hydrogens is 457 g/mol. The average Bonchev–Trinajstić information content (AvgIpc) is 3.12. The van der Waals surface area contributed by atoms with Gasteiger partial charge in [0.15, 0.2) is 0 Å². The van der Waals surface area contributed by atoms with Gasteiger partial charge in [0.05, 0.1) is 17.3 Å². The Bertz CT molecular complexity index is 1240. The van der Waals surface area contributed by atoms with Crippen molar-refractivity contribution in [3.05, 3.63) is 79.2 Å². The van der Waals surface area contributed by atoms with Crippen molar-refractivity contribution in [2.75, 3.05) is 16.8 Å². The first-order valence-corrected chi connectivity index (χ1v) is 10.6. The molecule has 0 saturated carbocycles. The summed E-state index contributed by atoms with van der Waals surface area (Å²) in [6, 6.07) is 10.3. The molecule has 0 spiro atoms. The second-order valence-electron chi connectivity index (χ2n) is 7.24. The molecule has 9 nitrogen and oxygen atoms in total. The minimum absolute atomic E-state index is 0.0993. The first kappa shape index (κ1) is 22.2. The Balaban J connectivity index is 1.79. The van der Waals surface area contributed by atoms with Gasteiger partial charge in [-0.2, -0.15) is 0 Å². The molecule has 1 unspecified atom stereocenters. The zero-order valence-electron chi connectivity index (χ0n) is 17.2. The third kappa shape index (κ3) is 4.32. The van der Waals surface area contributed by atoms with Crippen LogP contribution in [-0.4, -0.2) is 32.2 Å². The molecule has 0 saturated heterocycles. The fourth-order valence-electron chi connectivity index (χ4n) is 3.51. The van der Waals surface area contributed by atoms with Gasteiger partial charge < -0.3 is 20.1 Å². The van der Waals surface area contributed by atoms with E-state index < -0.39 is 17.6 Å². The summed E-state index contributed by atoms with van der Waals surface area (Å²) < 4.78 is 8.56. The maximum absolute atomic E-state index is 13.3. The predicted octanol–water partition coefficient (Wildman–Crippen LogP) is 2.43. The number of ether oxygens (including phenoxy) is 1. The van der Waals surface area contributed by atoms with Crippen LogP contribution in [0, 0.1) is 0 Å². The van der Waals surface area contributed by atoms with Crippen LogP contribution in [0.3, 0.4) is 0 Å². The summed E-state index contributed by atoms with van der Waals surface area (Å²) in [5.74, 6) is 0.823. The summed E-state index contributed by atoms with van der Waals surface area (Å²) in [6.45, 7) is 0.182. The highest BCUT2D eigenvalue weighted by atomic mass is 35.5. The number of nitrogens with one attached hydrogen (secondary N) is 1. The van der Waals surface area contributed by atoms with Crippen LogP contribution in [0.25, 0.3) is 0 Å². The largest absolute Gasteiger partial charge is 0.452 e. The Morgan fingerprint density at radius 1 is 1.19 bits per heavy atom. The molecular formula is C21H21Cl2N5O4. The molecule has 1 atom stereocenters. The standard InChI is InChI=1S/C21H21Cl2N5O4/c1-26-18-17(19(30)27(21(26)31)8-3-9-29)28(12-15-7-6-14(23)11-24-15)20(25-18)32-16-5-2-4-13(22)10-16/h2,4-7,10-11,20,25,29H,3,8-9,12H2,1H3. The third-order valence-electron chi connectivity index (χ3n) is 5.06. The van der Waals surface area contributed by atoms with E-state index in [0.717, 1.165) is 4.57 Å². The lowest BCUT2D eigenvalue weighted by Crippen LogP contribution is -2.43. The van der Waals surface area contributed by atoms with Crippen LogP contribution < -0.4 is 26.2 Å². The SMILES string of the molecule is Cn1c2c(c(=O)n(CCCO)c1=O)N(Cc1ccc(Cl)cn1)C(Oc1cccc(Cl)c1)N2. The molecule has 0 radical (unpaired) electrons. The highest BCUT2D eigenvalue weighted by Crippen LogP contribution is 2.33. The number of aromatic nitrogens is 3. The molecule has 2 aromatic heterocycles. The van der Waals surface area contributed by atoms with E-state index in [1.54, 1.807) is 48.3 Å². The minimum atomic E-state index is -0.798. The van der Waals surface area contributed by atoms with E-state index in [1.807, 2.05) is 0 Å². The molecule has 1 aliphatic rings. The van der Waals surface area contributed by atoms with Crippen LogP contribution in [0.15, 0.2) is 52.2 Å². The van der Waals surface area contributed by atoms with E-state index in [4.69, 9.17) is 27.9 Å². The Labute approximate surface area is 193 Å².